The Hall–Kier alpha value is -1.32. The van der Waals surface area contributed by atoms with Gasteiger partial charge in [0, 0.05) is 25.3 Å². The minimum Gasteiger partial charge on any atom is -0.445 e. The highest BCUT2D eigenvalue weighted by Crippen LogP contribution is 2.51. The fourth-order valence-electron chi connectivity index (χ4n) is 1.85. The molecule has 1 unspecified atom stereocenters. The number of esters is 1. The summed E-state index contributed by atoms with van der Waals surface area (Å²) in [5.41, 5.74) is 0.526. The highest BCUT2D eigenvalue weighted by molar-refractivity contribution is 7.54. The van der Waals surface area contributed by atoms with Crippen LogP contribution in [0, 0.1) is 6.92 Å². The zero-order valence-corrected chi connectivity index (χ0v) is 15.9. The molecule has 2 rings (SSSR count). The Morgan fingerprint density at radius 1 is 1.46 bits per heavy atom. The predicted molar refractivity (Wildman–Crippen MR) is 87.5 cm³/mol. The van der Waals surface area contributed by atoms with Crippen LogP contribution in [0.3, 0.4) is 0 Å². The number of rotatable bonds is 7. The summed E-state index contributed by atoms with van der Waals surface area (Å²) in [6.45, 7) is 3.47. The second-order valence-electron chi connectivity index (χ2n) is 4.67. The minimum absolute atomic E-state index is 0.0243. The standard InChI is InChI=1S/C12H16ClN4O5PS/c1-7-10(11(18)22-8(2)23(19,20-3)21-4)15-16-17(7)6-9-5-14-12(13)24-9/h5,8H,6H2,1-4H3. The van der Waals surface area contributed by atoms with Crippen LogP contribution in [-0.2, 0) is 24.9 Å². The van der Waals surface area contributed by atoms with E-state index < -0.39 is 19.4 Å². The average Bonchev–Trinajstić information content (AvgIpc) is 3.13. The van der Waals surface area contributed by atoms with Crippen LogP contribution in [-0.4, -0.2) is 46.0 Å². The molecule has 132 valence electrons. The topological polar surface area (TPSA) is 105 Å². The number of carbonyl (C=O) groups is 1. The van der Waals surface area contributed by atoms with Crippen LogP contribution >= 0.6 is 30.5 Å². The average molecular weight is 395 g/mol. The molecule has 0 saturated carbocycles. The molecule has 0 bridgehead atoms. The van der Waals surface area contributed by atoms with Gasteiger partial charge >= 0.3 is 13.6 Å². The van der Waals surface area contributed by atoms with Crippen molar-refractivity contribution in [2.45, 2.75) is 26.2 Å². The molecule has 9 nitrogen and oxygen atoms in total. The van der Waals surface area contributed by atoms with Crippen LogP contribution < -0.4 is 0 Å². The van der Waals surface area contributed by atoms with Gasteiger partial charge in [-0.25, -0.2) is 14.5 Å². The van der Waals surface area contributed by atoms with Crippen molar-refractivity contribution < 1.29 is 23.1 Å². The summed E-state index contributed by atoms with van der Waals surface area (Å²) in [6, 6.07) is 0. The predicted octanol–water partition coefficient (Wildman–Crippen LogP) is 2.73. The number of ether oxygens (including phenoxy) is 1. The number of hydrogen-bond donors (Lipinski definition) is 0. The summed E-state index contributed by atoms with van der Waals surface area (Å²) in [6.07, 6.45) is 1.63. The van der Waals surface area contributed by atoms with Crippen LogP contribution in [0.15, 0.2) is 6.20 Å². The lowest BCUT2D eigenvalue weighted by molar-refractivity contribution is 0.0406. The van der Waals surface area contributed by atoms with Crippen LogP contribution in [0.25, 0.3) is 0 Å². The lowest BCUT2D eigenvalue weighted by Crippen LogP contribution is -2.18. The molecule has 0 aromatic carbocycles. The fraction of sp³-hybridized carbons (Fsp3) is 0.500. The first kappa shape index (κ1) is 19.0. The Morgan fingerprint density at radius 2 is 2.12 bits per heavy atom. The maximum atomic E-state index is 12.2. The highest BCUT2D eigenvalue weighted by Gasteiger charge is 2.34. The molecule has 0 N–H and O–H groups in total. The normalized spacial score (nSPS) is 13.0. The van der Waals surface area contributed by atoms with Gasteiger partial charge in [0.15, 0.2) is 16.0 Å². The number of thiazole rings is 1. The van der Waals surface area contributed by atoms with Gasteiger partial charge < -0.3 is 13.8 Å². The van der Waals surface area contributed by atoms with Crippen LogP contribution in [0.2, 0.25) is 4.47 Å². The molecule has 0 radical (unpaired) electrons. The van der Waals surface area contributed by atoms with Gasteiger partial charge in [0.05, 0.1) is 12.2 Å². The first-order valence-corrected chi connectivity index (χ1v) is 9.53. The van der Waals surface area contributed by atoms with E-state index in [1.165, 1.54) is 37.2 Å². The number of halogens is 1. The van der Waals surface area contributed by atoms with E-state index in [9.17, 15) is 9.36 Å². The molecule has 0 saturated heterocycles. The number of carbonyl (C=O) groups excluding carboxylic acids is 1. The maximum Gasteiger partial charge on any atom is 0.370 e. The smallest absolute Gasteiger partial charge is 0.370 e. The van der Waals surface area contributed by atoms with Crippen molar-refractivity contribution in [2.24, 2.45) is 0 Å². The largest absolute Gasteiger partial charge is 0.445 e. The third-order valence-electron chi connectivity index (χ3n) is 3.24. The lowest BCUT2D eigenvalue weighted by Gasteiger charge is -2.20. The molecule has 0 aliphatic carbocycles. The summed E-state index contributed by atoms with van der Waals surface area (Å²) in [7, 11) is -1.09. The number of hydrogen-bond acceptors (Lipinski definition) is 9. The van der Waals surface area contributed by atoms with Crippen LogP contribution in [0.1, 0.15) is 28.0 Å². The van der Waals surface area contributed by atoms with Crippen LogP contribution in [0.4, 0.5) is 0 Å². The Kier molecular flexibility index (Phi) is 6.11. The third-order valence-corrected chi connectivity index (χ3v) is 6.35. The zero-order valence-electron chi connectivity index (χ0n) is 13.4. The Morgan fingerprint density at radius 3 is 2.67 bits per heavy atom. The molecular weight excluding hydrogens is 379 g/mol. The Labute approximate surface area is 147 Å². The summed E-state index contributed by atoms with van der Waals surface area (Å²) >= 11 is 7.10. The molecule has 0 aliphatic heterocycles. The summed E-state index contributed by atoms with van der Waals surface area (Å²) in [4.78, 5) is 17.0. The monoisotopic (exact) mass is 394 g/mol. The molecule has 0 spiro atoms. The maximum absolute atomic E-state index is 12.2. The lowest BCUT2D eigenvalue weighted by atomic mass is 10.3. The van der Waals surface area contributed by atoms with Gasteiger partial charge in [0.25, 0.3) is 0 Å². The van der Waals surface area contributed by atoms with E-state index >= 15 is 0 Å². The minimum atomic E-state index is -3.53. The molecule has 1 atom stereocenters. The molecule has 2 heterocycles. The molecule has 2 aromatic rings. The first-order chi connectivity index (χ1) is 11.3. The zero-order chi connectivity index (χ0) is 17.9. The van der Waals surface area contributed by atoms with Gasteiger partial charge in [-0.15, -0.1) is 16.4 Å². The molecule has 24 heavy (non-hydrogen) atoms. The molecular formula is C12H16ClN4O5PS. The second kappa shape index (κ2) is 7.71. The molecule has 2 aromatic heterocycles. The van der Waals surface area contributed by atoms with Gasteiger partial charge in [-0.2, -0.15) is 0 Å². The number of aromatic nitrogens is 4. The van der Waals surface area contributed by atoms with E-state index in [4.69, 9.17) is 25.4 Å². The van der Waals surface area contributed by atoms with Gasteiger partial charge in [-0.1, -0.05) is 16.8 Å². The fourth-order valence-corrected chi connectivity index (χ4v) is 3.78. The SMILES string of the molecule is COP(=O)(OC)C(C)OC(=O)c1nnn(Cc2cnc(Cl)s2)c1C. The number of nitrogens with zero attached hydrogens (tertiary/aromatic N) is 4. The molecule has 0 fully saturated rings. The van der Waals surface area contributed by atoms with E-state index in [2.05, 4.69) is 15.3 Å². The van der Waals surface area contributed by atoms with Gasteiger partial charge in [0.1, 0.15) is 0 Å². The van der Waals surface area contributed by atoms with Crippen molar-refractivity contribution in [1.29, 1.82) is 0 Å². The van der Waals surface area contributed by atoms with Crippen molar-refractivity contribution in [3.8, 4) is 0 Å². The van der Waals surface area contributed by atoms with Crippen molar-refractivity contribution in [2.75, 3.05) is 14.2 Å². The van der Waals surface area contributed by atoms with Crippen molar-refractivity contribution >= 4 is 36.5 Å². The first-order valence-electron chi connectivity index (χ1n) is 6.73. The Balaban J connectivity index is 2.12. The third kappa shape index (κ3) is 4.01. The van der Waals surface area contributed by atoms with Crippen molar-refractivity contribution in [1.82, 2.24) is 20.0 Å². The highest BCUT2D eigenvalue weighted by atomic mass is 35.5. The Bertz CT molecular complexity index is 771. The second-order valence-corrected chi connectivity index (χ2v) is 8.90. The van der Waals surface area contributed by atoms with E-state index in [-0.39, 0.29) is 5.69 Å². The van der Waals surface area contributed by atoms with Crippen molar-refractivity contribution in [3.63, 3.8) is 0 Å². The van der Waals surface area contributed by atoms with Gasteiger partial charge in [-0.05, 0) is 13.8 Å². The summed E-state index contributed by atoms with van der Waals surface area (Å²) in [5.74, 6) is -1.84. The molecule has 12 heteroatoms. The van der Waals surface area contributed by atoms with Gasteiger partial charge in [-0.3, -0.25) is 4.57 Å². The summed E-state index contributed by atoms with van der Waals surface area (Å²) in [5, 5.41) is 7.74. The molecule has 0 aliphatic rings. The van der Waals surface area contributed by atoms with E-state index in [1.807, 2.05) is 0 Å². The van der Waals surface area contributed by atoms with E-state index in [1.54, 1.807) is 13.1 Å². The van der Waals surface area contributed by atoms with Crippen molar-refractivity contribution in [3.05, 3.63) is 26.9 Å². The van der Waals surface area contributed by atoms with E-state index in [0.29, 0.717) is 16.7 Å². The van der Waals surface area contributed by atoms with Gasteiger partial charge in [0.2, 0.25) is 0 Å². The summed E-state index contributed by atoms with van der Waals surface area (Å²) < 4.78 is 28.8. The van der Waals surface area contributed by atoms with E-state index in [0.717, 1.165) is 4.88 Å². The quantitative estimate of drug-likeness (QED) is 0.521. The molecule has 0 amide bonds. The van der Waals surface area contributed by atoms with Crippen LogP contribution in [0.5, 0.6) is 0 Å².